The number of nitrogens with zero attached hydrogens (tertiary/aromatic N) is 2. The van der Waals surface area contributed by atoms with Crippen molar-refractivity contribution in [2.75, 3.05) is 10.6 Å². The topological polar surface area (TPSA) is 82.7 Å². The molecule has 3 N–H and O–H groups in total. The van der Waals surface area contributed by atoms with Crippen LogP contribution in [0.25, 0.3) is 0 Å². The number of H-pyrrole nitrogens is 1. The minimum atomic E-state index is -0.357. The van der Waals surface area contributed by atoms with E-state index in [0.29, 0.717) is 11.5 Å². The predicted molar refractivity (Wildman–Crippen MR) is 67.9 cm³/mol. The second-order valence-electron chi connectivity index (χ2n) is 3.39. The second-order valence-corrected chi connectivity index (χ2v) is 4.30. The van der Waals surface area contributed by atoms with E-state index in [0.717, 1.165) is 10.0 Å². The zero-order valence-electron chi connectivity index (χ0n) is 8.99. The number of aryl methyl sites for hydroxylation is 1. The molecule has 7 heteroatoms. The Hall–Kier alpha value is -1.89. The Morgan fingerprint density at radius 2 is 2.24 bits per heavy atom. The number of halogens is 1. The molecular weight excluding hydrogens is 286 g/mol. The van der Waals surface area contributed by atoms with Gasteiger partial charge in [0, 0.05) is 16.9 Å². The van der Waals surface area contributed by atoms with Gasteiger partial charge in [-0.15, -0.1) is 0 Å². The van der Waals surface area contributed by atoms with Crippen LogP contribution in [0.4, 0.5) is 16.3 Å². The third kappa shape index (κ3) is 3.04. The third-order valence-electron chi connectivity index (χ3n) is 2.03. The molecule has 2 aromatic heterocycles. The Labute approximate surface area is 106 Å². The number of carbonyl (C=O) groups is 1. The van der Waals surface area contributed by atoms with E-state index in [1.807, 2.05) is 13.0 Å². The molecule has 0 aliphatic rings. The number of urea groups is 1. The molecule has 0 fully saturated rings. The molecule has 0 bridgehead atoms. The van der Waals surface area contributed by atoms with Crippen molar-refractivity contribution in [2.24, 2.45) is 0 Å². The Balaban J connectivity index is 2.03. The fourth-order valence-electron chi connectivity index (χ4n) is 1.26. The largest absolute Gasteiger partial charge is 0.324 e. The fraction of sp³-hybridized carbons (Fsp3) is 0.100. The van der Waals surface area contributed by atoms with Gasteiger partial charge in [0.2, 0.25) is 0 Å². The van der Waals surface area contributed by atoms with Gasteiger partial charge in [-0.3, -0.25) is 10.4 Å². The maximum atomic E-state index is 11.6. The van der Waals surface area contributed by atoms with Gasteiger partial charge in [-0.25, -0.2) is 9.78 Å². The molecule has 17 heavy (non-hydrogen) atoms. The van der Waals surface area contributed by atoms with Crippen LogP contribution < -0.4 is 10.6 Å². The van der Waals surface area contributed by atoms with E-state index in [1.54, 1.807) is 12.4 Å². The van der Waals surface area contributed by atoms with Crippen molar-refractivity contribution in [3.05, 3.63) is 34.7 Å². The van der Waals surface area contributed by atoms with Crippen LogP contribution in [0.3, 0.4) is 0 Å². The third-order valence-corrected chi connectivity index (χ3v) is 2.47. The van der Waals surface area contributed by atoms with Crippen molar-refractivity contribution in [3.63, 3.8) is 0 Å². The van der Waals surface area contributed by atoms with Crippen molar-refractivity contribution >= 4 is 33.5 Å². The lowest BCUT2D eigenvalue weighted by atomic mass is 10.3. The Morgan fingerprint density at radius 3 is 2.88 bits per heavy atom. The van der Waals surface area contributed by atoms with E-state index in [2.05, 4.69) is 41.7 Å². The predicted octanol–water partition coefficient (Wildman–Crippen LogP) is 2.52. The van der Waals surface area contributed by atoms with Crippen LogP contribution in [0.1, 0.15) is 5.56 Å². The van der Waals surface area contributed by atoms with Gasteiger partial charge in [-0.05, 0) is 34.5 Å². The van der Waals surface area contributed by atoms with Crippen LogP contribution in [-0.2, 0) is 0 Å². The molecule has 2 amide bonds. The molecule has 0 unspecified atom stereocenters. The van der Waals surface area contributed by atoms with Crippen LogP contribution in [0.15, 0.2) is 29.1 Å². The molecule has 0 saturated heterocycles. The number of aromatic amines is 1. The average molecular weight is 296 g/mol. The quantitative estimate of drug-likeness (QED) is 0.796. The van der Waals surface area contributed by atoms with Crippen molar-refractivity contribution in [1.29, 1.82) is 0 Å². The Bertz CT molecular complexity index is 525. The number of rotatable bonds is 2. The van der Waals surface area contributed by atoms with Gasteiger partial charge in [0.05, 0.1) is 11.9 Å². The monoisotopic (exact) mass is 295 g/mol. The maximum Gasteiger partial charge on any atom is 0.324 e. The van der Waals surface area contributed by atoms with Crippen LogP contribution in [-0.4, -0.2) is 21.2 Å². The number of pyridine rings is 1. The van der Waals surface area contributed by atoms with Crippen LogP contribution in [0.5, 0.6) is 0 Å². The van der Waals surface area contributed by atoms with Crippen molar-refractivity contribution in [1.82, 2.24) is 15.2 Å². The first-order chi connectivity index (χ1) is 8.15. The van der Waals surface area contributed by atoms with Crippen molar-refractivity contribution in [2.45, 2.75) is 6.92 Å². The summed E-state index contributed by atoms with van der Waals surface area (Å²) in [6, 6.07) is 1.52. The minimum absolute atomic E-state index is 0.357. The number of carbonyl (C=O) groups excluding carboxylic acids is 1. The summed E-state index contributed by atoms with van der Waals surface area (Å²) in [5.74, 6) is 0.522. The van der Waals surface area contributed by atoms with Crippen LogP contribution in [0.2, 0.25) is 0 Å². The number of amides is 2. The highest BCUT2D eigenvalue weighted by molar-refractivity contribution is 9.10. The molecular formula is C10H10BrN5O. The van der Waals surface area contributed by atoms with E-state index in [9.17, 15) is 4.79 Å². The minimum Gasteiger partial charge on any atom is -0.305 e. The Kier molecular flexibility index (Phi) is 3.38. The van der Waals surface area contributed by atoms with Crippen LogP contribution >= 0.6 is 15.9 Å². The van der Waals surface area contributed by atoms with Crippen molar-refractivity contribution < 1.29 is 4.79 Å². The lowest BCUT2D eigenvalue weighted by Crippen LogP contribution is -2.20. The van der Waals surface area contributed by atoms with Gasteiger partial charge in [-0.2, -0.15) is 5.10 Å². The highest BCUT2D eigenvalue weighted by atomic mass is 79.9. The van der Waals surface area contributed by atoms with Gasteiger partial charge in [-0.1, -0.05) is 0 Å². The summed E-state index contributed by atoms with van der Waals surface area (Å²) in [5, 5.41) is 11.6. The lowest BCUT2D eigenvalue weighted by molar-refractivity contribution is 0.262. The highest BCUT2D eigenvalue weighted by Crippen LogP contribution is 2.16. The van der Waals surface area contributed by atoms with E-state index in [-0.39, 0.29) is 6.03 Å². The molecule has 0 aliphatic heterocycles. The summed E-state index contributed by atoms with van der Waals surface area (Å²) < 4.78 is 0.871. The zero-order valence-corrected chi connectivity index (χ0v) is 10.6. The molecule has 2 rings (SSSR count). The van der Waals surface area contributed by atoms with Gasteiger partial charge >= 0.3 is 6.03 Å². The molecule has 2 aromatic rings. The molecule has 0 saturated carbocycles. The van der Waals surface area contributed by atoms with E-state index in [4.69, 9.17) is 0 Å². The van der Waals surface area contributed by atoms with Gasteiger partial charge in [0.25, 0.3) is 0 Å². The standard InChI is InChI=1S/C10H10BrN5O/c1-6-2-7(11)3-12-9(6)16-10(17)15-8-4-13-14-5-8/h2-5H,1H3,(H,13,14)(H2,12,15,16,17). The summed E-state index contributed by atoms with van der Waals surface area (Å²) in [5.41, 5.74) is 1.47. The molecule has 6 nitrogen and oxygen atoms in total. The van der Waals surface area contributed by atoms with Gasteiger partial charge in [0.1, 0.15) is 5.82 Å². The maximum absolute atomic E-state index is 11.6. The first-order valence-electron chi connectivity index (χ1n) is 4.84. The SMILES string of the molecule is Cc1cc(Br)cnc1NC(=O)Nc1cn[nH]c1. The van der Waals surface area contributed by atoms with Crippen molar-refractivity contribution in [3.8, 4) is 0 Å². The molecule has 0 radical (unpaired) electrons. The molecule has 0 aromatic carbocycles. The lowest BCUT2D eigenvalue weighted by Gasteiger charge is -2.07. The smallest absolute Gasteiger partial charge is 0.305 e. The van der Waals surface area contributed by atoms with Gasteiger partial charge < -0.3 is 5.32 Å². The molecule has 0 spiro atoms. The first kappa shape index (κ1) is 11.6. The second kappa shape index (κ2) is 4.96. The summed E-state index contributed by atoms with van der Waals surface area (Å²) in [6.07, 6.45) is 4.73. The summed E-state index contributed by atoms with van der Waals surface area (Å²) >= 11 is 3.31. The van der Waals surface area contributed by atoms with E-state index in [1.165, 1.54) is 6.20 Å². The average Bonchev–Trinajstić information content (AvgIpc) is 2.75. The number of hydrogen-bond donors (Lipinski definition) is 3. The fourth-order valence-corrected chi connectivity index (χ4v) is 1.71. The Morgan fingerprint density at radius 1 is 1.41 bits per heavy atom. The van der Waals surface area contributed by atoms with Crippen LogP contribution in [0, 0.1) is 6.92 Å². The van der Waals surface area contributed by atoms with E-state index < -0.39 is 0 Å². The summed E-state index contributed by atoms with van der Waals surface area (Å²) in [4.78, 5) is 15.7. The number of nitrogens with one attached hydrogen (secondary N) is 3. The molecule has 0 atom stereocenters. The summed E-state index contributed by atoms with van der Waals surface area (Å²) in [7, 11) is 0. The highest BCUT2D eigenvalue weighted by Gasteiger charge is 2.06. The molecule has 88 valence electrons. The molecule has 2 heterocycles. The molecule has 0 aliphatic carbocycles. The zero-order chi connectivity index (χ0) is 12.3. The first-order valence-corrected chi connectivity index (χ1v) is 5.63. The number of hydrogen-bond acceptors (Lipinski definition) is 3. The normalized spacial score (nSPS) is 10.0. The number of aromatic nitrogens is 3. The van der Waals surface area contributed by atoms with E-state index >= 15 is 0 Å². The number of anilines is 2. The van der Waals surface area contributed by atoms with Gasteiger partial charge in [0.15, 0.2) is 0 Å². The summed E-state index contributed by atoms with van der Waals surface area (Å²) in [6.45, 7) is 1.87.